The molecule has 2 aliphatic heterocycles. The van der Waals surface area contributed by atoms with Gasteiger partial charge >= 0.3 is 0 Å². The molecular weight excluding hydrogens is 278 g/mol. The summed E-state index contributed by atoms with van der Waals surface area (Å²) in [5.74, 6) is 1.60. The Balaban J connectivity index is 1.77. The van der Waals surface area contributed by atoms with E-state index in [1.165, 1.54) is 6.42 Å². The van der Waals surface area contributed by atoms with Crippen molar-refractivity contribution in [1.29, 1.82) is 0 Å². The van der Waals surface area contributed by atoms with E-state index < -0.39 is 0 Å². The number of ether oxygens (including phenoxy) is 1. The summed E-state index contributed by atoms with van der Waals surface area (Å²) < 4.78 is 5.40. The Morgan fingerprint density at radius 2 is 2.00 bits per heavy atom. The SMILES string of the molecule is CC1CC(C)CN(C(C)(C)CNC(=O)CC2COCCN2)C1. The summed E-state index contributed by atoms with van der Waals surface area (Å²) in [5, 5.41) is 6.45. The van der Waals surface area contributed by atoms with Gasteiger partial charge in [0.25, 0.3) is 0 Å². The van der Waals surface area contributed by atoms with Crippen molar-refractivity contribution >= 4 is 5.91 Å². The third kappa shape index (κ3) is 5.21. The molecule has 2 rings (SSSR count). The second kappa shape index (κ2) is 7.75. The largest absolute Gasteiger partial charge is 0.378 e. The van der Waals surface area contributed by atoms with Crippen LogP contribution in [0.25, 0.3) is 0 Å². The number of carbonyl (C=O) groups is 1. The highest BCUT2D eigenvalue weighted by Gasteiger charge is 2.33. The third-order valence-corrected chi connectivity index (χ3v) is 4.87. The zero-order valence-corrected chi connectivity index (χ0v) is 14.7. The lowest BCUT2D eigenvalue weighted by Crippen LogP contribution is -2.56. The fourth-order valence-corrected chi connectivity index (χ4v) is 3.63. The molecule has 0 bridgehead atoms. The van der Waals surface area contributed by atoms with Crippen LogP contribution in [0.3, 0.4) is 0 Å². The highest BCUT2D eigenvalue weighted by Crippen LogP contribution is 2.26. The second-order valence-electron chi connectivity index (χ2n) is 7.87. The Bertz CT molecular complexity index is 357. The van der Waals surface area contributed by atoms with Crippen molar-refractivity contribution in [2.75, 3.05) is 39.4 Å². The van der Waals surface area contributed by atoms with E-state index in [9.17, 15) is 4.79 Å². The third-order valence-electron chi connectivity index (χ3n) is 4.87. The first-order valence-corrected chi connectivity index (χ1v) is 8.69. The number of likely N-dealkylation sites (tertiary alicyclic amines) is 1. The molecule has 2 heterocycles. The topological polar surface area (TPSA) is 53.6 Å². The zero-order chi connectivity index (χ0) is 16.2. The molecule has 0 aliphatic carbocycles. The van der Waals surface area contributed by atoms with Crippen LogP contribution in [0.1, 0.15) is 40.5 Å². The molecule has 22 heavy (non-hydrogen) atoms. The van der Waals surface area contributed by atoms with E-state index in [0.717, 1.165) is 38.1 Å². The molecule has 0 saturated carbocycles. The summed E-state index contributed by atoms with van der Waals surface area (Å²) in [6, 6.07) is 0.159. The van der Waals surface area contributed by atoms with E-state index in [1.54, 1.807) is 0 Å². The molecule has 5 nitrogen and oxygen atoms in total. The Morgan fingerprint density at radius 3 is 2.59 bits per heavy atom. The Labute approximate surface area is 135 Å². The van der Waals surface area contributed by atoms with Crippen LogP contribution in [-0.2, 0) is 9.53 Å². The van der Waals surface area contributed by atoms with Gasteiger partial charge in [-0.25, -0.2) is 0 Å². The van der Waals surface area contributed by atoms with E-state index in [-0.39, 0.29) is 17.5 Å². The summed E-state index contributed by atoms with van der Waals surface area (Å²) in [6.45, 7) is 14.3. The number of nitrogens with zero attached hydrogens (tertiary/aromatic N) is 1. The van der Waals surface area contributed by atoms with Gasteiger partial charge in [-0.3, -0.25) is 9.69 Å². The number of amides is 1. The molecule has 1 amide bonds. The smallest absolute Gasteiger partial charge is 0.221 e. The van der Waals surface area contributed by atoms with Gasteiger partial charge in [0.05, 0.1) is 13.2 Å². The van der Waals surface area contributed by atoms with Crippen LogP contribution in [0.5, 0.6) is 0 Å². The van der Waals surface area contributed by atoms with Gasteiger partial charge in [0.2, 0.25) is 5.91 Å². The van der Waals surface area contributed by atoms with Gasteiger partial charge in [-0.05, 0) is 32.1 Å². The minimum atomic E-state index is 0.00902. The maximum absolute atomic E-state index is 12.1. The summed E-state index contributed by atoms with van der Waals surface area (Å²) in [7, 11) is 0. The van der Waals surface area contributed by atoms with Crippen LogP contribution in [0.15, 0.2) is 0 Å². The van der Waals surface area contributed by atoms with Crippen LogP contribution in [-0.4, -0.2) is 61.8 Å². The highest BCUT2D eigenvalue weighted by atomic mass is 16.5. The molecule has 3 atom stereocenters. The molecule has 3 unspecified atom stereocenters. The van der Waals surface area contributed by atoms with Gasteiger partial charge < -0.3 is 15.4 Å². The molecule has 0 radical (unpaired) electrons. The van der Waals surface area contributed by atoms with Crippen LogP contribution in [0.2, 0.25) is 0 Å². The van der Waals surface area contributed by atoms with Gasteiger partial charge in [-0.1, -0.05) is 13.8 Å². The number of rotatable bonds is 5. The Kier molecular flexibility index (Phi) is 6.24. The lowest BCUT2D eigenvalue weighted by atomic mass is 9.88. The molecule has 5 heteroatoms. The molecular formula is C17H33N3O2. The van der Waals surface area contributed by atoms with Gasteiger partial charge in [0.1, 0.15) is 0 Å². The quantitative estimate of drug-likeness (QED) is 0.802. The minimum Gasteiger partial charge on any atom is -0.378 e. The van der Waals surface area contributed by atoms with Gasteiger partial charge in [0.15, 0.2) is 0 Å². The second-order valence-corrected chi connectivity index (χ2v) is 7.87. The van der Waals surface area contributed by atoms with Crippen molar-refractivity contribution in [3.8, 4) is 0 Å². The Morgan fingerprint density at radius 1 is 1.32 bits per heavy atom. The summed E-state index contributed by atoms with van der Waals surface area (Å²) in [5.41, 5.74) is 0.00902. The first-order valence-electron chi connectivity index (χ1n) is 8.69. The van der Waals surface area contributed by atoms with Gasteiger partial charge in [-0.15, -0.1) is 0 Å². The molecule has 0 aromatic heterocycles. The standard InChI is InChI=1S/C17H33N3O2/c1-13-7-14(2)10-20(9-13)17(3,4)12-19-16(21)8-15-11-22-6-5-18-15/h13-15,18H,5-12H2,1-4H3,(H,19,21). The normalized spacial score (nSPS) is 31.0. The predicted molar refractivity (Wildman–Crippen MR) is 88.8 cm³/mol. The van der Waals surface area contributed by atoms with E-state index in [0.29, 0.717) is 19.6 Å². The van der Waals surface area contributed by atoms with Crippen LogP contribution in [0.4, 0.5) is 0 Å². The number of hydrogen-bond donors (Lipinski definition) is 2. The van der Waals surface area contributed by atoms with E-state index in [1.807, 2.05) is 0 Å². The monoisotopic (exact) mass is 311 g/mol. The summed E-state index contributed by atoms with van der Waals surface area (Å²) in [6.07, 6.45) is 1.81. The fourth-order valence-electron chi connectivity index (χ4n) is 3.63. The molecule has 0 aromatic carbocycles. The number of carbonyl (C=O) groups excluding carboxylic acids is 1. The predicted octanol–water partition coefficient (Wildman–Crippen LogP) is 1.24. The average molecular weight is 311 g/mol. The summed E-state index contributed by atoms with van der Waals surface area (Å²) >= 11 is 0. The van der Waals surface area contributed by atoms with Gasteiger partial charge in [-0.2, -0.15) is 0 Å². The van der Waals surface area contributed by atoms with Crippen molar-refractivity contribution in [3.63, 3.8) is 0 Å². The van der Waals surface area contributed by atoms with E-state index in [4.69, 9.17) is 4.74 Å². The molecule has 128 valence electrons. The lowest BCUT2D eigenvalue weighted by molar-refractivity contribution is -0.123. The molecule has 2 fully saturated rings. The number of nitrogens with one attached hydrogen (secondary N) is 2. The molecule has 2 N–H and O–H groups in total. The van der Waals surface area contributed by atoms with Crippen LogP contribution < -0.4 is 10.6 Å². The fraction of sp³-hybridized carbons (Fsp3) is 0.941. The molecule has 2 saturated heterocycles. The van der Waals surface area contributed by atoms with E-state index in [2.05, 4.69) is 43.2 Å². The first-order chi connectivity index (χ1) is 10.4. The maximum Gasteiger partial charge on any atom is 0.221 e. The maximum atomic E-state index is 12.1. The van der Waals surface area contributed by atoms with Gasteiger partial charge in [0, 0.05) is 44.2 Å². The lowest BCUT2D eigenvalue weighted by Gasteiger charge is -2.45. The van der Waals surface area contributed by atoms with Crippen molar-refractivity contribution in [2.45, 2.75) is 52.1 Å². The zero-order valence-electron chi connectivity index (χ0n) is 14.7. The minimum absolute atomic E-state index is 0.00902. The highest BCUT2D eigenvalue weighted by molar-refractivity contribution is 5.76. The van der Waals surface area contributed by atoms with Crippen molar-refractivity contribution in [3.05, 3.63) is 0 Å². The molecule has 2 aliphatic rings. The number of piperidine rings is 1. The van der Waals surface area contributed by atoms with E-state index >= 15 is 0 Å². The number of hydrogen-bond acceptors (Lipinski definition) is 4. The van der Waals surface area contributed by atoms with Crippen LogP contribution >= 0.6 is 0 Å². The average Bonchev–Trinajstić information content (AvgIpc) is 2.45. The van der Waals surface area contributed by atoms with Crippen molar-refractivity contribution < 1.29 is 9.53 Å². The molecule has 0 spiro atoms. The van der Waals surface area contributed by atoms with Crippen molar-refractivity contribution in [1.82, 2.24) is 15.5 Å². The summed E-state index contributed by atoms with van der Waals surface area (Å²) in [4.78, 5) is 14.7. The Hall–Kier alpha value is -0.650. The number of morpholine rings is 1. The molecule has 0 aromatic rings. The van der Waals surface area contributed by atoms with Crippen LogP contribution in [0, 0.1) is 11.8 Å². The van der Waals surface area contributed by atoms with Crippen molar-refractivity contribution in [2.24, 2.45) is 11.8 Å². The first kappa shape index (κ1) is 17.7.